The molecular weight excluding hydrogens is 528 g/mol. The van der Waals surface area contributed by atoms with Gasteiger partial charge in [-0.15, -0.1) is 0 Å². The zero-order valence-electron chi connectivity index (χ0n) is 23.6. The first-order chi connectivity index (χ1) is 20.4. The topological polar surface area (TPSA) is 59.7 Å². The Bertz CT molecular complexity index is 1860. The highest BCUT2D eigenvalue weighted by Gasteiger charge is 2.45. The molecule has 5 aromatic rings. The Balaban J connectivity index is 1.00. The molecule has 2 aromatic heterocycles. The van der Waals surface area contributed by atoms with Crippen LogP contribution in [0, 0.1) is 5.92 Å². The molecular formula is C35H33F2N5. The van der Waals surface area contributed by atoms with Crippen molar-refractivity contribution in [3.63, 3.8) is 0 Å². The van der Waals surface area contributed by atoms with E-state index < -0.39 is 5.92 Å². The smallest absolute Gasteiger partial charge is 0.299 e. The number of aromatic amines is 2. The standard InChI is InChI=1S/C35H33F2N5/c1-19-4-8-23(13-19)38-18-33-39-28-11-7-21(16-30(28)40-33)20-5-9-24-25-10-6-22(15-27(25)35(36,37)26(24)14-20)29-17-32-34(41-29)31-3-2-12-42(31)32/h5-7,9-11,14-17,19,23,31,38,41H,2-4,8,12-13,18H2,1H3,(H,39,40). The van der Waals surface area contributed by atoms with Crippen LogP contribution in [0.5, 0.6) is 0 Å². The van der Waals surface area contributed by atoms with Gasteiger partial charge >= 0.3 is 0 Å². The fraction of sp³-hybridized carbons (Fsp3) is 0.343. The summed E-state index contributed by atoms with van der Waals surface area (Å²) in [6, 6.07) is 20.1. The highest BCUT2D eigenvalue weighted by molar-refractivity contribution is 5.87. The third-order valence-corrected chi connectivity index (χ3v) is 10.2. The third kappa shape index (κ3) is 3.59. The Hall–Kier alpha value is -3.97. The molecule has 4 heterocycles. The lowest BCUT2D eigenvalue weighted by Crippen LogP contribution is -2.32. The fourth-order valence-electron chi connectivity index (χ4n) is 7.93. The minimum atomic E-state index is -3.07. The van der Waals surface area contributed by atoms with Crippen LogP contribution >= 0.6 is 0 Å². The molecule has 2 fully saturated rings. The van der Waals surface area contributed by atoms with Crippen molar-refractivity contribution in [2.45, 2.75) is 63.6 Å². The minimum absolute atomic E-state index is 0.0744. The Morgan fingerprint density at radius 2 is 1.67 bits per heavy atom. The van der Waals surface area contributed by atoms with E-state index in [4.69, 9.17) is 4.98 Å². The van der Waals surface area contributed by atoms with Gasteiger partial charge in [0.1, 0.15) is 5.82 Å². The van der Waals surface area contributed by atoms with Crippen LogP contribution in [0.3, 0.4) is 0 Å². The summed E-state index contributed by atoms with van der Waals surface area (Å²) in [7, 11) is 0. The number of rotatable bonds is 5. The van der Waals surface area contributed by atoms with Gasteiger partial charge in [0, 0.05) is 29.4 Å². The lowest BCUT2D eigenvalue weighted by atomic mass is 9.98. The zero-order valence-corrected chi connectivity index (χ0v) is 23.6. The summed E-state index contributed by atoms with van der Waals surface area (Å²) in [4.78, 5) is 14.1. The maximum atomic E-state index is 16.1. The summed E-state index contributed by atoms with van der Waals surface area (Å²) in [6.07, 6.45) is 6.08. The van der Waals surface area contributed by atoms with Gasteiger partial charge in [-0.3, -0.25) is 0 Å². The van der Waals surface area contributed by atoms with Crippen molar-refractivity contribution in [2.24, 2.45) is 5.92 Å². The van der Waals surface area contributed by atoms with E-state index in [0.717, 1.165) is 51.7 Å². The van der Waals surface area contributed by atoms with Crippen LogP contribution in [0.1, 0.15) is 67.7 Å². The van der Waals surface area contributed by atoms with E-state index in [1.807, 2.05) is 42.5 Å². The number of anilines is 1. The van der Waals surface area contributed by atoms with E-state index in [9.17, 15) is 0 Å². The number of hydrogen-bond acceptors (Lipinski definition) is 3. The average molecular weight is 562 g/mol. The summed E-state index contributed by atoms with van der Waals surface area (Å²) < 4.78 is 32.1. The molecule has 7 heteroatoms. The van der Waals surface area contributed by atoms with Crippen molar-refractivity contribution in [3.8, 4) is 33.5 Å². The summed E-state index contributed by atoms with van der Waals surface area (Å²) in [5, 5.41) is 3.63. The summed E-state index contributed by atoms with van der Waals surface area (Å²) in [6.45, 7) is 4.10. The highest BCUT2D eigenvalue weighted by Crippen LogP contribution is 2.54. The molecule has 2 aliphatic heterocycles. The Labute approximate surface area is 243 Å². The molecule has 0 amide bonds. The number of aromatic nitrogens is 3. The summed E-state index contributed by atoms with van der Waals surface area (Å²) in [5.41, 5.74) is 9.10. The monoisotopic (exact) mass is 561 g/mol. The van der Waals surface area contributed by atoms with Gasteiger partial charge in [-0.25, -0.2) is 4.98 Å². The number of hydrogen-bond donors (Lipinski definition) is 3. The SMILES string of the molecule is CC1CCC(NCc2nc3ccc(-c4ccc5c(c4)C(F)(F)c4cc(-c6cc7c([nH]6)C6CCCN76)ccc4-5)cc3[nH]2)C1. The van der Waals surface area contributed by atoms with Crippen LogP contribution in [-0.2, 0) is 12.5 Å². The van der Waals surface area contributed by atoms with Gasteiger partial charge < -0.3 is 20.2 Å². The van der Waals surface area contributed by atoms with Crippen molar-refractivity contribution < 1.29 is 8.78 Å². The van der Waals surface area contributed by atoms with E-state index >= 15 is 8.78 Å². The van der Waals surface area contributed by atoms with Gasteiger partial charge in [-0.1, -0.05) is 37.3 Å². The molecule has 0 spiro atoms. The first-order valence-corrected chi connectivity index (χ1v) is 15.3. The first kappa shape index (κ1) is 24.6. The van der Waals surface area contributed by atoms with Gasteiger partial charge in [0.2, 0.25) is 0 Å². The van der Waals surface area contributed by atoms with E-state index in [0.29, 0.717) is 29.8 Å². The number of imidazole rings is 1. The molecule has 4 aliphatic rings. The molecule has 42 heavy (non-hydrogen) atoms. The molecule has 1 saturated carbocycles. The number of H-pyrrole nitrogens is 2. The fourth-order valence-corrected chi connectivity index (χ4v) is 7.93. The molecule has 0 bridgehead atoms. The lowest BCUT2D eigenvalue weighted by molar-refractivity contribution is 0.0481. The molecule has 5 nitrogen and oxygen atoms in total. The molecule has 0 radical (unpaired) electrons. The third-order valence-electron chi connectivity index (χ3n) is 10.2. The van der Waals surface area contributed by atoms with Crippen molar-refractivity contribution in [2.75, 3.05) is 11.4 Å². The van der Waals surface area contributed by atoms with Crippen LogP contribution in [0.25, 0.3) is 44.5 Å². The predicted molar refractivity (Wildman–Crippen MR) is 163 cm³/mol. The van der Waals surface area contributed by atoms with Crippen molar-refractivity contribution in [1.29, 1.82) is 0 Å². The molecule has 3 unspecified atom stereocenters. The van der Waals surface area contributed by atoms with Crippen LogP contribution in [0.15, 0.2) is 60.7 Å². The largest absolute Gasteiger partial charge is 0.361 e. The molecule has 1 saturated heterocycles. The second kappa shape index (κ2) is 8.77. The highest BCUT2D eigenvalue weighted by atomic mass is 19.3. The van der Waals surface area contributed by atoms with Gasteiger partial charge in [-0.05, 0) is 96.2 Å². The average Bonchev–Trinajstić information content (AvgIpc) is 3.80. The maximum absolute atomic E-state index is 16.1. The Morgan fingerprint density at radius 3 is 2.48 bits per heavy atom. The molecule has 212 valence electrons. The Morgan fingerprint density at radius 1 is 0.905 bits per heavy atom. The van der Waals surface area contributed by atoms with Gasteiger partial charge in [-0.2, -0.15) is 8.78 Å². The van der Waals surface area contributed by atoms with Crippen molar-refractivity contribution in [1.82, 2.24) is 20.3 Å². The quantitative estimate of drug-likeness (QED) is 0.202. The van der Waals surface area contributed by atoms with Gasteiger partial charge in [0.15, 0.2) is 0 Å². The van der Waals surface area contributed by atoms with Crippen molar-refractivity contribution >= 4 is 16.7 Å². The molecule has 3 N–H and O–H groups in total. The van der Waals surface area contributed by atoms with E-state index in [1.54, 1.807) is 12.1 Å². The van der Waals surface area contributed by atoms with E-state index in [1.165, 1.54) is 43.5 Å². The number of nitrogens with one attached hydrogen (secondary N) is 3. The molecule has 2 aliphatic carbocycles. The number of nitrogens with zero attached hydrogens (tertiary/aromatic N) is 2. The lowest BCUT2D eigenvalue weighted by Gasteiger charge is -2.36. The van der Waals surface area contributed by atoms with Crippen LogP contribution in [0.4, 0.5) is 14.5 Å². The van der Waals surface area contributed by atoms with Crippen LogP contribution in [0.2, 0.25) is 0 Å². The predicted octanol–water partition coefficient (Wildman–Crippen LogP) is 8.28. The number of benzene rings is 3. The number of halogens is 2. The molecule has 3 atom stereocenters. The van der Waals surface area contributed by atoms with Crippen LogP contribution in [-0.4, -0.2) is 27.5 Å². The number of fused-ring (bicyclic) bond motifs is 8. The van der Waals surface area contributed by atoms with Crippen molar-refractivity contribution in [3.05, 3.63) is 83.3 Å². The van der Waals surface area contributed by atoms with E-state index in [-0.39, 0.29) is 11.1 Å². The van der Waals surface area contributed by atoms with Gasteiger partial charge in [0.25, 0.3) is 5.92 Å². The first-order valence-electron chi connectivity index (χ1n) is 15.3. The minimum Gasteiger partial charge on any atom is -0.361 e. The van der Waals surface area contributed by atoms with Crippen LogP contribution < -0.4 is 10.2 Å². The maximum Gasteiger partial charge on any atom is 0.299 e. The zero-order chi connectivity index (χ0) is 28.2. The second-order valence-corrected chi connectivity index (χ2v) is 12.8. The molecule has 3 aromatic carbocycles. The second-order valence-electron chi connectivity index (χ2n) is 12.8. The van der Waals surface area contributed by atoms with Gasteiger partial charge in [0.05, 0.1) is 35.0 Å². The number of alkyl halides is 2. The normalized spacial score (nSPS) is 23.1. The Kier molecular flexibility index (Phi) is 5.14. The summed E-state index contributed by atoms with van der Waals surface area (Å²) in [5.74, 6) is -1.38. The molecule has 9 rings (SSSR count). The summed E-state index contributed by atoms with van der Waals surface area (Å²) >= 11 is 0. The van der Waals surface area contributed by atoms with E-state index in [2.05, 4.69) is 33.2 Å².